The third-order valence-electron chi connectivity index (χ3n) is 5.57. The third kappa shape index (κ3) is 3.62. The number of cyclic esters (lactones) is 1. The van der Waals surface area contributed by atoms with Crippen molar-refractivity contribution >= 4 is 27.7 Å². The molecule has 2 aromatic rings. The van der Waals surface area contributed by atoms with Gasteiger partial charge in [0, 0.05) is 26.2 Å². The molecule has 4 rings (SSSR count). The van der Waals surface area contributed by atoms with Gasteiger partial charge >= 0.3 is 6.09 Å². The van der Waals surface area contributed by atoms with Crippen LogP contribution in [0.4, 0.5) is 4.79 Å². The molecule has 1 aromatic carbocycles. The number of halogens is 1. The molecule has 0 N–H and O–H groups in total. The van der Waals surface area contributed by atoms with Gasteiger partial charge in [0.1, 0.15) is 16.2 Å². The molecule has 2 aliphatic heterocycles. The van der Waals surface area contributed by atoms with Crippen molar-refractivity contribution < 1.29 is 17.9 Å². The van der Waals surface area contributed by atoms with Crippen LogP contribution in [0, 0.1) is 6.92 Å². The minimum atomic E-state index is -3.73. The van der Waals surface area contributed by atoms with Gasteiger partial charge in [-0.1, -0.05) is 41.9 Å². The van der Waals surface area contributed by atoms with Crippen molar-refractivity contribution in [3.05, 3.63) is 46.7 Å². The van der Waals surface area contributed by atoms with Gasteiger partial charge in [-0.15, -0.1) is 0 Å². The van der Waals surface area contributed by atoms with Gasteiger partial charge in [-0.2, -0.15) is 9.40 Å². The molecular weight excluding hydrogens is 416 g/mol. The summed E-state index contributed by atoms with van der Waals surface area (Å²) in [6.45, 7) is 2.75. The fourth-order valence-electron chi connectivity index (χ4n) is 4.05. The zero-order valence-corrected chi connectivity index (χ0v) is 17.9. The fourth-order valence-corrected chi connectivity index (χ4v) is 6.22. The second-order valence-electron chi connectivity index (χ2n) is 7.40. The molecule has 1 unspecified atom stereocenters. The van der Waals surface area contributed by atoms with Crippen LogP contribution in [0.15, 0.2) is 35.2 Å². The first-order chi connectivity index (χ1) is 13.8. The maximum atomic E-state index is 13.1. The number of amides is 1. The Balaban J connectivity index is 1.44. The number of sulfonamides is 1. The Labute approximate surface area is 175 Å². The normalized spacial score (nSPS) is 21.6. The number of carbonyl (C=O) groups is 1. The lowest BCUT2D eigenvalue weighted by Gasteiger charge is -2.34. The molecule has 2 saturated heterocycles. The highest BCUT2D eigenvalue weighted by atomic mass is 35.5. The number of hydrogen-bond acceptors (Lipinski definition) is 5. The number of nitrogens with zero attached hydrogens (tertiary/aromatic N) is 4. The first kappa shape index (κ1) is 20.2. The lowest BCUT2D eigenvalue weighted by Crippen LogP contribution is -2.47. The Morgan fingerprint density at radius 1 is 1.17 bits per heavy atom. The smallest absolute Gasteiger partial charge is 0.410 e. The molecule has 1 atom stereocenters. The Morgan fingerprint density at radius 2 is 1.83 bits per heavy atom. The van der Waals surface area contributed by atoms with Crippen molar-refractivity contribution in [3.8, 4) is 0 Å². The summed E-state index contributed by atoms with van der Waals surface area (Å²) in [4.78, 5) is 14.2. The van der Waals surface area contributed by atoms with E-state index in [9.17, 15) is 13.2 Å². The van der Waals surface area contributed by atoms with Crippen LogP contribution in [0.2, 0.25) is 5.15 Å². The number of hydrogen-bond donors (Lipinski definition) is 0. The monoisotopic (exact) mass is 438 g/mol. The van der Waals surface area contributed by atoms with Gasteiger partial charge < -0.3 is 9.64 Å². The first-order valence-corrected chi connectivity index (χ1v) is 11.3. The van der Waals surface area contributed by atoms with Gasteiger partial charge in [-0.25, -0.2) is 13.2 Å². The maximum absolute atomic E-state index is 13.1. The Morgan fingerprint density at radius 3 is 2.41 bits per heavy atom. The van der Waals surface area contributed by atoms with E-state index in [1.807, 2.05) is 30.3 Å². The molecular formula is C19H23ClN4O4S. The average Bonchev–Trinajstić information content (AvgIpc) is 3.22. The molecule has 1 amide bonds. The molecule has 0 aliphatic carbocycles. The highest BCUT2D eigenvalue weighted by molar-refractivity contribution is 7.89. The zero-order chi connectivity index (χ0) is 20.8. The number of piperidine rings is 1. The Bertz CT molecular complexity index is 1020. The summed E-state index contributed by atoms with van der Waals surface area (Å²) in [6, 6.07) is 9.59. The summed E-state index contributed by atoms with van der Waals surface area (Å²) in [7, 11) is -2.12. The van der Waals surface area contributed by atoms with E-state index in [1.165, 1.54) is 8.99 Å². The molecule has 2 fully saturated rings. The van der Waals surface area contributed by atoms with E-state index < -0.39 is 10.0 Å². The van der Waals surface area contributed by atoms with E-state index in [2.05, 4.69) is 5.10 Å². The number of aryl methyl sites for hydroxylation is 2. The van der Waals surface area contributed by atoms with Crippen LogP contribution in [-0.4, -0.2) is 59.2 Å². The largest absolute Gasteiger partial charge is 0.439 e. The SMILES string of the molecule is Cc1nn(C)c(Cl)c1S(=O)(=O)N1CCC(N2CC(c3ccccc3)OC2=O)CC1. The number of aromatic nitrogens is 2. The summed E-state index contributed by atoms with van der Waals surface area (Å²) in [5, 5.41) is 4.22. The van der Waals surface area contributed by atoms with E-state index >= 15 is 0 Å². The second kappa shape index (κ2) is 7.62. The molecule has 3 heterocycles. The molecule has 1 aromatic heterocycles. The molecule has 10 heteroatoms. The minimum Gasteiger partial charge on any atom is -0.439 e. The highest BCUT2D eigenvalue weighted by Gasteiger charge is 2.40. The van der Waals surface area contributed by atoms with Crippen LogP contribution in [0.1, 0.15) is 30.2 Å². The van der Waals surface area contributed by atoms with Crippen LogP contribution in [0.3, 0.4) is 0 Å². The number of rotatable bonds is 4. The summed E-state index contributed by atoms with van der Waals surface area (Å²) < 4.78 is 34.4. The highest BCUT2D eigenvalue weighted by Crippen LogP contribution is 2.33. The lowest BCUT2D eigenvalue weighted by molar-refractivity contribution is 0.121. The fraction of sp³-hybridized carbons (Fsp3) is 0.474. The lowest BCUT2D eigenvalue weighted by atomic mass is 10.0. The van der Waals surface area contributed by atoms with Crippen molar-refractivity contribution in [1.29, 1.82) is 0 Å². The molecule has 0 spiro atoms. The summed E-state index contributed by atoms with van der Waals surface area (Å²) in [5.41, 5.74) is 1.35. The van der Waals surface area contributed by atoms with Gasteiger partial charge in [0.05, 0.1) is 12.2 Å². The molecule has 0 saturated carbocycles. The quantitative estimate of drug-likeness (QED) is 0.732. The second-order valence-corrected chi connectivity index (χ2v) is 9.63. The van der Waals surface area contributed by atoms with Crippen molar-refractivity contribution in [2.45, 2.75) is 36.8 Å². The Hall–Kier alpha value is -2.10. The molecule has 156 valence electrons. The summed E-state index contributed by atoms with van der Waals surface area (Å²) in [5.74, 6) is 0. The van der Waals surface area contributed by atoms with Crippen LogP contribution >= 0.6 is 11.6 Å². The Kier molecular flexibility index (Phi) is 5.30. The van der Waals surface area contributed by atoms with Crippen LogP contribution in [-0.2, 0) is 21.8 Å². The zero-order valence-electron chi connectivity index (χ0n) is 16.3. The summed E-state index contributed by atoms with van der Waals surface area (Å²) in [6.07, 6.45) is 0.466. The van der Waals surface area contributed by atoms with Gasteiger partial charge in [0.2, 0.25) is 10.0 Å². The molecule has 2 aliphatic rings. The van der Waals surface area contributed by atoms with E-state index in [-0.39, 0.29) is 28.3 Å². The van der Waals surface area contributed by atoms with Gasteiger partial charge in [0.25, 0.3) is 0 Å². The van der Waals surface area contributed by atoms with Crippen LogP contribution in [0.5, 0.6) is 0 Å². The minimum absolute atomic E-state index is 0.0480. The third-order valence-corrected chi connectivity index (χ3v) is 8.17. The summed E-state index contributed by atoms with van der Waals surface area (Å²) >= 11 is 6.17. The topological polar surface area (TPSA) is 84.7 Å². The standard InChI is InChI=1S/C19H23ClN4O4S/c1-13-17(18(20)22(2)21-13)29(26,27)23-10-8-15(9-11-23)24-12-16(28-19(24)25)14-6-4-3-5-7-14/h3-7,15-16H,8-12H2,1-2H3. The van der Waals surface area contributed by atoms with Crippen LogP contribution < -0.4 is 0 Å². The van der Waals surface area contributed by atoms with Crippen molar-refractivity contribution in [3.63, 3.8) is 0 Å². The van der Waals surface area contributed by atoms with Crippen LogP contribution in [0.25, 0.3) is 0 Å². The van der Waals surface area contributed by atoms with Gasteiger partial charge in [0.15, 0.2) is 0 Å². The van der Waals surface area contributed by atoms with E-state index in [4.69, 9.17) is 16.3 Å². The van der Waals surface area contributed by atoms with E-state index in [0.29, 0.717) is 38.2 Å². The van der Waals surface area contributed by atoms with Crippen molar-refractivity contribution in [2.24, 2.45) is 7.05 Å². The van der Waals surface area contributed by atoms with Crippen molar-refractivity contribution in [2.75, 3.05) is 19.6 Å². The number of benzene rings is 1. The predicted molar refractivity (Wildman–Crippen MR) is 107 cm³/mol. The predicted octanol–water partition coefficient (Wildman–Crippen LogP) is 2.73. The number of carbonyl (C=O) groups excluding carboxylic acids is 1. The van der Waals surface area contributed by atoms with E-state index in [1.54, 1.807) is 18.9 Å². The van der Waals surface area contributed by atoms with Gasteiger partial charge in [-0.05, 0) is 25.3 Å². The maximum Gasteiger partial charge on any atom is 0.410 e. The molecule has 0 radical (unpaired) electrons. The molecule has 0 bridgehead atoms. The van der Waals surface area contributed by atoms with Gasteiger partial charge in [-0.3, -0.25) is 4.68 Å². The average molecular weight is 439 g/mol. The molecule has 29 heavy (non-hydrogen) atoms. The number of ether oxygens (including phenoxy) is 1. The first-order valence-electron chi connectivity index (χ1n) is 9.50. The van der Waals surface area contributed by atoms with E-state index in [0.717, 1.165) is 5.56 Å². The van der Waals surface area contributed by atoms with Crippen molar-refractivity contribution in [1.82, 2.24) is 19.0 Å². The molecule has 8 nitrogen and oxygen atoms in total.